The van der Waals surface area contributed by atoms with Gasteiger partial charge in [-0.05, 0) is 47.4 Å². The zero-order valence-electron chi connectivity index (χ0n) is 10.6. The minimum Gasteiger partial charge on any atom is -0.330 e. The van der Waals surface area contributed by atoms with Gasteiger partial charge in [0.25, 0.3) is 0 Å². The Morgan fingerprint density at radius 3 is 3.06 bits per heavy atom. The molecule has 0 amide bonds. The first-order valence-corrected chi connectivity index (χ1v) is 7.38. The molecule has 96 valence electrons. The van der Waals surface area contributed by atoms with E-state index in [2.05, 4.69) is 45.0 Å². The molecule has 0 spiro atoms. The van der Waals surface area contributed by atoms with E-state index in [9.17, 15) is 0 Å². The van der Waals surface area contributed by atoms with Crippen molar-refractivity contribution in [3.63, 3.8) is 0 Å². The molecule has 1 saturated heterocycles. The van der Waals surface area contributed by atoms with Crippen LogP contribution in [0.2, 0.25) is 0 Å². The number of rotatable bonds is 2. The summed E-state index contributed by atoms with van der Waals surface area (Å²) < 4.78 is 3.34. The number of fused-ring (bicyclic) bond motifs is 1. The Morgan fingerprint density at radius 2 is 2.33 bits per heavy atom. The molecule has 1 aromatic carbocycles. The summed E-state index contributed by atoms with van der Waals surface area (Å²) in [5.74, 6) is 1.18. The van der Waals surface area contributed by atoms with Crippen molar-refractivity contribution in [3.05, 3.63) is 28.5 Å². The van der Waals surface area contributed by atoms with Crippen molar-refractivity contribution in [2.24, 2.45) is 7.05 Å². The van der Waals surface area contributed by atoms with Crippen molar-refractivity contribution in [1.82, 2.24) is 14.9 Å². The highest BCUT2D eigenvalue weighted by molar-refractivity contribution is 9.10. The molecule has 3 nitrogen and oxygen atoms in total. The largest absolute Gasteiger partial charge is 0.330 e. The highest BCUT2D eigenvalue weighted by atomic mass is 79.9. The van der Waals surface area contributed by atoms with Crippen molar-refractivity contribution in [1.29, 1.82) is 0 Å². The number of benzene rings is 1. The Morgan fingerprint density at radius 1 is 1.44 bits per heavy atom. The number of hydrogen-bond donors (Lipinski definition) is 1. The van der Waals surface area contributed by atoms with Crippen molar-refractivity contribution < 1.29 is 0 Å². The summed E-state index contributed by atoms with van der Waals surface area (Å²) >= 11 is 3.61. The van der Waals surface area contributed by atoms with Crippen LogP contribution in [0.1, 0.15) is 25.1 Å². The van der Waals surface area contributed by atoms with Crippen LogP contribution in [-0.2, 0) is 13.5 Å². The summed E-state index contributed by atoms with van der Waals surface area (Å²) in [7, 11) is 2.11. The van der Waals surface area contributed by atoms with Gasteiger partial charge in [-0.2, -0.15) is 0 Å². The average molecular weight is 308 g/mol. The Hall–Kier alpha value is -0.870. The molecule has 0 bridgehead atoms. The van der Waals surface area contributed by atoms with Crippen molar-refractivity contribution in [2.75, 3.05) is 6.54 Å². The average Bonchev–Trinajstić information content (AvgIpc) is 2.69. The summed E-state index contributed by atoms with van der Waals surface area (Å²) in [6.07, 6.45) is 4.94. The summed E-state index contributed by atoms with van der Waals surface area (Å²) in [6.45, 7) is 1.15. The normalized spacial score (nSPS) is 20.4. The molecule has 1 N–H and O–H groups in total. The number of imidazole rings is 1. The van der Waals surface area contributed by atoms with Crippen LogP contribution in [0, 0.1) is 0 Å². The van der Waals surface area contributed by atoms with Gasteiger partial charge in [0.15, 0.2) is 0 Å². The summed E-state index contributed by atoms with van der Waals surface area (Å²) in [4.78, 5) is 4.76. The van der Waals surface area contributed by atoms with Gasteiger partial charge in [0, 0.05) is 24.0 Å². The molecule has 0 saturated carbocycles. The summed E-state index contributed by atoms with van der Waals surface area (Å²) in [5, 5.41) is 3.59. The van der Waals surface area contributed by atoms with Crippen LogP contribution in [0.5, 0.6) is 0 Å². The van der Waals surface area contributed by atoms with Gasteiger partial charge < -0.3 is 9.88 Å². The third-order valence-electron chi connectivity index (χ3n) is 3.78. The van der Waals surface area contributed by atoms with Crippen molar-refractivity contribution >= 4 is 27.0 Å². The predicted molar refractivity (Wildman–Crippen MR) is 77.8 cm³/mol. The highest BCUT2D eigenvalue weighted by Crippen LogP contribution is 2.25. The summed E-state index contributed by atoms with van der Waals surface area (Å²) in [6, 6.07) is 6.79. The second-order valence-corrected chi connectivity index (χ2v) is 5.90. The number of halogens is 1. The van der Waals surface area contributed by atoms with E-state index in [1.165, 1.54) is 30.6 Å². The molecular weight excluding hydrogens is 290 g/mol. The lowest BCUT2D eigenvalue weighted by Crippen LogP contribution is -2.36. The second kappa shape index (κ2) is 5.02. The van der Waals surface area contributed by atoms with Crippen LogP contribution in [-0.4, -0.2) is 22.1 Å². The van der Waals surface area contributed by atoms with E-state index in [1.807, 2.05) is 6.07 Å². The zero-order chi connectivity index (χ0) is 12.5. The quantitative estimate of drug-likeness (QED) is 0.924. The molecule has 1 fully saturated rings. The monoisotopic (exact) mass is 307 g/mol. The lowest BCUT2D eigenvalue weighted by Gasteiger charge is -2.23. The Balaban J connectivity index is 1.92. The van der Waals surface area contributed by atoms with Crippen LogP contribution in [0.4, 0.5) is 0 Å². The number of aromatic nitrogens is 2. The highest BCUT2D eigenvalue weighted by Gasteiger charge is 2.17. The Labute approximate surface area is 116 Å². The minimum atomic E-state index is 0.591. The molecular formula is C14H18BrN3. The van der Waals surface area contributed by atoms with Crippen LogP contribution in [0.25, 0.3) is 11.0 Å². The molecule has 1 aromatic heterocycles. The second-order valence-electron chi connectivity index (χ2n) is 5.05. The third kappa shape index (κ3) is 2.19. The first-order chi connectivity index (χ1) is 8.75. The molecule has 1 aliphatic heterocycles. The maximum atomic E-state index is 4.76. The fourth-order valence-electron chi connectivity index (χ4n) is 2.77. The van der Waals surface area contributed by atoms with Gasteiger partial charge in [-0.1, -0.05) is 12.5 Å². The van der Waals surface area contributed by atoms with Crippen LogP contribution in [0.15, 0.2) is 22.7 Å². The van der Waals surface area contributed by atoms with Gasteiger partial charge in [-0.25, -0.2) is 4.98 Å². The topological polar surface area (TPSA) is 29.9 Å². The smallest absolute Gasteiger partial charge is 0.111 e. The molecule has 3 rings (SSSR count). The van der Waals surface area contributed by atoms with E-state index >= 15 is 0 Å². The van der Waals surface area contributed by atoms with E-state index in [-0.39, 0.29) is 0 Å². The maximum Gasteiger partial charge on any atom is 0.111 e. The van der Waals surface area contributed by atoms with Gasteiger partial charge in [-0.3, -0.25) is 0 Å². The lowest BCUT2D eigenvalue weighted by molar-refractivity contribution is 0.392. The molecule has 2 aromatic rings. The number of piperidine rings is 1. The van der Waals surface area contributed by atoms with Gasteiger partial charge in [0.2, 0.25) is 0 Å². The summed E-state index contributed by atoms with van der Waals surface area (Å²) in [5.41, 5.74) is 2.28. The molecule has 1 atom stereocenters. The van der Waals surface area contributed by atoms with E-state index in [4.69, 9.17) is 4.98 Å². The first kappa shape index (κ1) is 12.2. The lowest BCUT2D eigenvalue weighted by atomic mass is 10.0. The standard InChI is InChI=1S/C14H18BrN3/c1-18-13(9-10-5-2-3-8-16-10)17-12-7-4-6-11(15)14(12)18/h4,6-7,10,16H,2-3,5,8-9H2,1H3. The van der Waals surface area contributed by atoms with Gasteiger partial charge in [0.05, 0.1) is 11.0 Å². The minimum absolute atomic E-state index is 0.591. The first-order valence-electron chi connectivity index (χ1n) is 6.59. The number of nitrogens with one attached hydrogen (secondary N) is 1. The SMILES string of the molecule is Cn1c(CC2CCCCN2)nc2cccc(Br)c21. The Bertz CT molecular complexity index is 555. The van der Waals surface area contributed by atoms with Crippen LogP contribution in [0.3, 0.4) is 0 Å². The Kier molecular flexibility index (Phi) is 3.39. The third-order valence-corrected chi connectivity index (χ3v) is 4.42. The number of para-hydroxylation sites is 1. The van der Waals surface area contributed by atoms with E-state index in [0.717, 1.165) is 23.0 Å². The van der Waals surface area contributed by atoms with E-state index in [1.54, 1.807) is 0 Å². The molecule has 0 radical (unpaired) electrons. The fraction of sp³-hybridized carbons (Fsp3) is 0.500. The number of aryl methyl sites for hydroxylation is 1. The van der Waals surface area contributed by atoms with Crippen molar-refractivity contribution in [3.8, 4) is 0 Å². The fourth-order valence-corrected chi connectivity index (χ4v) is 3.39. The van der Waals surface area contributed by atoms with E-state index in [0.29, 0.717) is 6.04 Å². The van der Waals surface area contributed by atoms with Gasteiger partial charge in [0.1, 0.15) is 5.82 Å². The molecule has 4 heteroatoms. The molecule has 1 aliphatic rings. The van der Waals surface area contributed by atoms with Crippen molar-refractivity contribution in [2.45, 2.75) is 31.7 Å². The molecule has 18 heavy (non-hydrogen) atoms. The number of nitrogens with zero attached hydrogens (tertiary/aromatic N) is 2. The zero-order valence-corrected chi connectivity index (χ0v) is 12.2. The van der Waals surface area contributed by atoms with Gasteiger partial charge >= 0.3 is 0 Å². The van der Waals surface area contributed by atoms with Crippen LogP contribution < -0.4 is 5.32 Å². The molecule has 2 heterocycles. The molecule has 0 aliphatic carbocycles. The van der Waals surface area contributed by atoms with Gasteiger partial charge in [-0.15, -0.1) is 0 Å². The maximum absolute atomic E-state index is 4.76. The van der Waals surface area contributed by atoms with Crippen LogP contribution >= 0.6 is 15.9 Å². The van der Waals surface area contributed by atoms with E-state index < -0.39 is 0 Å². The number of hydrogen-bond acceptors (Lipinski definition) is 2. The molecule has 1 unspecified atom stereocenters. The predicted octanol–water partition coefficient (Wildman–Crippen LogP) is 3.02.